The molecular formula is C18H28N2O4. The lowest BCUT2D eigenvalue weighted by Crippen LogP contribution is -2.54. The highest BCUT2D eigenvalue weighted by atomic mass is 16.6. The molecule has 6 nitrogen and oxygen atoms in total. The standard InChI is InChI=1S/C18H28N2O4/c1-17(2,3)24-16(22)20-14(12-23-18(20,4)5)15(21)11-19-13-9-7-6-8-10-13/h6-10,14-15,19,21H,11-12H2,1-5H3/t14-,15?/m0/s1. The first-order valence-electron chi connectivity index (χ1n) is 8.23. The highest BCUT2D eigenvalue weighted by molar-refractivity contribution is 5.70. The third-order valence-corrected chi connectivity index (χ3v) is 3.84. The third kappa shape index (κ3) is 4.61. The Labute approximate surface area is 143 Å². The van der Waals surface area contributed by atoms with Crippen LogP contribution in [0, 0.1) is 0 Å². The fraction of sp³-hybridized carbons (Fsp3) is 0.611. The molecule has 1 heterocycles. The van der Waals surface area contributed by atoms with E-state index in [9.17, 15) is 9.90 Å². The maximum atomic E-state index is 12.6. The Morgan fingerprint density at radius 2 is 2.04 bits per heavy atom. The molecule has 1 fully saturated rings. The first-order chi connectivity index (χ1) is 11.1. The van der Waals surface area contributed by atoms with Crippen molar-refractivity contribution in [1.29, 1.82) is 0 Å². The van der Waals surface area contributed by atoms with Crippen molar-refractivity contribution in [2.24, 2.45) is 0 Å². The second-order valence-electron chi connectivity index (χ2n) is 7.49. The lowest BCUT2D eigenvalue weighted by Gasteiger charge is -2.36. The van der Waals surface area contributed by atoms with Gasteiger partial charge in [-0.1, -0.05) is 18.2 Å². The summed E-state index contributed by atoms with van der Waals surface area (Å²) in [6.45, 7) is 9.63. The van der Waals surface area contributed by atoms with Crippen molar-refractivity contribution in [3.63, 3.8) is 0 Å². The summed E-state index contributed by atoms with van der Waals surface area (Å²) < 4.78 is 11.2. The van der Waals surface area contributed by atoms with Gasteiger partial charge in [0.05, 0.1) is 18.8 Å². The van der Waals surface area contributed by atoms with Crippen LogP contribution in [0.2, 0.25) is 0 Å². The maximum Gasteiger partial charge on any atom is 0.412 e. The normalized spacial score (nSPS) is 21.4. The van der Waals surface area contributed by atoms with Gasteiger partial charge in [-0.15, -0.1) is 0 Å². The molecule has 1 aromatic rings. The number of para-hydroxylation sites is 1. The number of benzene rings is 1. The zero-order valence-corrected chi connectivity index (χ0v) is 15.1. The number of nitrogens with zero attached hydrogens (tertiary/aromatic N) is 1. The number of rotatable bonds is 4. The molecule has 0 aliphatic carbocycles. The number of nitrogens with one attached hydrogen (secondary N) is 1. The smallest absolute Gasteiger partial charge is 0.412 e. The van der Waals surface area contributed by atoms with E-state index in [0.717, 1.165) is 5.69 Å². The molecule has 134 valence electrons. The van der Waals surface area contributed by atoms with Gasteiger partial charge in [0.15, 0.2) is 0 Å². The minimum absolute atomic E-state index is 0.268. The molecule has 1 unspecified atom stereocenters. The SMILES string of the molecule is CC(C)(C)OC(=O)N1[C@H](C(O)CNc2ccccc2)COC1(C)C. The van der Waals surface area contributed by atoms with E-state index >= 15 is 0 Å². The van der Waals surface area contributed by atoms with E-state index in [1.165, 1.54) is 4.90 Å². The van der Waals surface area contributed by atoms with Crippen LogP contribution >= 0.6 is 0 Å². The number of ether oxygens (including phenoxy) is 2. The van der Waals surface area contributed by atoms with Gasteiger partial charge in [0.1, 0.15) is 11.3 Å². The quantitative estimate of drug-likeness (QED) is 0.885. The lowest BCUT2D eigenvalue weighted by atomic mass is 10.1. The van der Waals surface area contributed by atoms with Crippen molar-refractivity contribution >= 4 is 11.8 Å². The predicted octanol–water partition coefficient (Wildman–Crippen LogP) is 2.83. The summed E-state index contributed by atoms with van der Waals surface area (Å²) in [6.07, 6.45) is -1.26. The summed E-state index contributed by atoms with van der Waals surface area (Å²) in [6, 6.07) is 9.15. The van der Waals surface area contributed by atoms with Crippen LogP contribution in [0.4, 0.5) is 10.5 Å². The van der Waals surface area contributed by atoms with Crippen LogP contribution in [0.25, 0.3) is 0 Å². The summed E-state index contributed by atoms with van der Waals surface area (Å²) in [4.78, 5) is 14.1. The molecule has 0 saturated carbocycles. The summed E-state index contributed by atoms with van der Waals surface area (Å²) in [5.74, 6) is 0. The van der Waals surface area contributed by atoms with Crippen molar-refractivity contribution in [1.82, 2.24) is 4.90 Å². The van der Waals surface area contributed by atoms with Crippen LogP contribution in [0.1, 0.15) is 34.6 Å². The Hall–Kier alpha value is -1.79. The Balaban J connectivity index is 2.05. The van der Waals surface area contributed by atoms with Crippen molar-refractivity contribution in [2.75, 3.05) is 18.5 Å². The Morgan fingerprint density at radius 3 is 2.62 bits per heavy atom. The zero-order valence-electron chi connectivity index (χ0n) is 15.1. The van der Waals surface area contributed by atoms with Gasteiger partial charge in [-0.25, -0.2) is 4.79 Å². The number of carbonyl (C=O) groups excluding carboxylic acids is 1. The van der Waals surface area contributed by atoms with Gasteiger partial charge in [-0.2, -0.15) is 0 Å². The van der Waals surface area contributed by atoms with Gasteiger partial charge in [-0.3, -0.25) is 4.90 Å². The molecule has 2 N–H and O–H groups in total. The molecule has 0 aromatic heterocycles. The highest BCUT2D eigenvalue weighted by Crippen LogP contribution is 2.31. The van der Waals surface area contributed by atoms with Gasteiger partial charge in [-0.05, 0) is 46.8 Å². The molecule has 1 aliphatic heterocycles. The summed E-state index contributed by atoms with van der Waals surface area (Å²) in [5.41, 5.74) is -0.507. The fourth-order valence-electron chi connectivity index (χ4n) is 2.70. The van der Waals surface area contributed by atoms with E-state index in [1.54, 1.807) is 13.8 Å². The molecule has 0 spiro atoms. The predicted molar refractivity (Wildman–Crippen MR) is 92.8 cm³/mol. The van der Waals surface area contributed by atoms with Crippen LogP contribution in [-0.2, 0) is 9.47 Å². The van der Waals surface area contributed by atoms with Gasteiger partial charge >= 0.3 is 6.09 Å². The Bertz CT molecular complexity index is 554. The first kappa shape index (κ1) is 18.5. The van der Waals surface area contributed by atoms with Crippen LogP contribution in [-0.4, -0.2) is 52.7 Å². The molecule has 1 amide bonds. The largest absolute Gasteiger partial charge is 0.444 e. The minimum atomic E-state index is -0.819. The molecule has 24 heavy (non-hydrogen) atoms. The summed E-state index contributed by atoms with van der Waals surface area (Å²) in [7, 11) is 0. The number of anilines is 1. The van der Waals surface area contributed by atoms with Gasteiger partial charge in [0.2, 0.25) is 0 Å². The second-order valence-corrected chi connectivity index (χ2v) is 7.49. The number of amides is 1. The van der Waals surface area contributed by atoms with Crippen molar-refractivity contribution in [2.45, 2.75) is 58.1 Å². The van der Waals surface area contributed by atoms with E-state index in [-0.39, 0.29) is 6.61 Å². The van der Waals surface area contributed by atoms with E-state index in [2.05, 4.69) is 5.32 Å². The summed E-state index contributed by atoms with van der Waals surface area (Å²) in [5, 5.41) is 13.7. The van der Waals surface area contributed by atoms with E-state index in [1.807, 2.05) is 51.1 Å². The zero-order chi connectivity index (χ0) is 18.0. The van der Waals surface area contributed by atoms with Crippen molar-refractivity contribution in [3.05, 3.63) is 30.3 Å². The van der Waals surface area contributed by atoms with Gasteiger partial charge < -0.3 is 19.9 Å². The molecule has 0 bridgehead atoms. The minimum Gasteiger partial charge on any atom is -0.444 e. The molecule has 2 rings (SSSR count). The van der Waals surface area contributed by atoms with E-state index in [0.29, 0.717) is 6.54 Å². The second kappa shape index (κ2) is 6.99. The van der Waals surface area contributed by atoms with Crippen molar-refractivity contribution < 1.29 is 19.4 Å². The molecule has 1 saturated heterocycles. The van der Waals surface area contributed by atoms with E-state index < -0.39 is 29.6 Å². The molecule has 1 aliphatic rings. The van der Waals surface area contributed by atoms with Gasteiger partial charge in [0.25, 0.3) is 0 Å². The maximum absolute atomic E-state index is 12.6. The van der Waals surface area contributed by atoms with Crippen molar-refractivity contribution in [3.8, 4) is 0 Å². The third-order valence-electron chi connectivity index (χ3n) is 3.84. The van der Waals surface area contributed by atoms with Crippen LogP contribution in [0.5, 0.6) is 0 Å². The number of aliphatic hydroxyl groups is 1. The molecular weight excluding hydrogens is 308 g/mol. The first-order valence-corrected chi connectivity index (χ1v) is 8.23. The fourth-order valence-corrected chi connectivity index (χ4v) is 2.70. The van der Waals surface area contributed by atoms with Crippen LogP contribution < -0.4 is 5.32 Å². The Kier molecular flexibility index (Phi) is 5.40. The molecule has 1 aromatic carbocycles. The topological polar surface area (TPSA) is 71.0 Å². The monoisotopic (exact) mass is 336 g/mol. The molecule has 6 heteroatoms. The highest BCUT2D eigenvalue weighted by Gasteiger charge is 2.48. The molecule has 0 radical (unpaired) electrons. The lowest BCUT2D eigenvalue weighted by molar-refractivity contribution is -0.0672. The van der Waals surface area contributed by atoms with Crippen LogP contribution in [0.15, 0.2) is 30.3 Å². The average molecular weight is 336 g/mol. The Morgan fingerprint density at radius 1 is 1.42 bits per heavy atom. The molecule has 2 atom stereocenters. The van der Waals surface area contributed by atoms with E-state index in [4.69, 9.17) is 9.47 Å². The average Bonchev–Trinajstić information content (AvgIpc) is 2.79. The number of aliphatic hydroxyl groups excluding tert-OH is 1. The number of carbonyl (C=O) groups is 1. The van der Waals surface area contributed by atoms with Crippen LogP contribution in [0.3, 0.4) is 0 Å². The number of hydrogen-bond acceptors (Lipinski definition) is 5. The van der Waals surface area contributed by atoms with Gasteiger partial charge in [0, 0.05) is 12.2 Å². The number of hydrogen-bond donors (Lipinski definition) is 2. The summed E-state index contributed by atoms with van der Waals surface area (Å²) >= 11 is 0.